The molecule has 30 heavy (non-hydrogen) atoms. The van der Waals surface area contributed by atoms with Crippen molar-refractivity contribution in [2.24, 2.45) is 0 Å². The van der Waals surface area contributed by atoms with Gasteiger partial charge in [0.2, 0.25) is 5.76 Å². The van der Waals surface area contributed by atoms with Gasteiger partial charge >= 0.3 is 0 Å². The van der Waals surface area contributed by atoms with Crippen molar-refractivity contribution < 1.29 is 18.7 Å². The van der Waals surface area contributed by atoms with Crippen LogP contribution in [-0.4, -0.2) is 37.7 Å². The van der Waals surface area contributed by atoms with Crippen LogP contribution in [0.3, 0.4) is 0 Å². The fourth-order valence-electron chi connectivity index (χ4n) is 3.98. The van der Waals surface area contributed by atoms with Crippen LogP contribution in [0, 0.1) is 13.8 Å². The number of benzene rings is 2. The first-order valence-electron chi connectivity index (χ1n) is 10.1. The summed E-state index contributed by atoms with van der Waals surface area (Å²) in [5.41, 5.74) is 3.46. The largest absolute Gasteiger partial charge is 0.494 e. The van der Waals surface area contributed by atoms with Gasteiger partial charge in [0.1, 0.15) is 11.3 Å². The summed E-state index contributed by atoms with van der Waals surface area (Å²) in [7, 11) is 1.58. The van der Waals surface area contributed by atoms with Crippen LogP contribution >= 0.6 is 0 Å². The Bertz CT molecular complexity index is 1180. The summed E-state index contributed by atoms with van der Waals surface area (Å²) in [5, 5.41) is 0.490. The molecule has 0 N–H and O–H groups in total. The molecule has 4 rings (SSSR count). The van der Waals surface area contributed by atoms with Crippen LogP contribution in [0.1, 0.15) is 45.8 Å². The lowest BCUT2D eigenvalue weighted by molar-refractivity contribution is 0.0663. The number of fused-ring (bicyclic) bond motifs is 2. The molecule has 6 heteroatoms. The highest BCUT2D eigenvalue weighted by molar-refractivity contribution is 5.99. The lowest BCUT2D eigenvalue weighted by Gasteiger charge is -2.25. The van der Waals surface area contributed by atoms with Crippen LogP contribution in [0.2, 0.25) is 0 Å². The minimum atomic E-state index is -0.551. The topological polar surface area (TPSA) is 69.0 Å². The van der Waals surface area contributed by atoms with E-state index < -0.39 is 6.04 Å². The van der Waals surface area contributed by atoms with E-state index in [1.165, 1.54) is 0 Å². The van der Waals surface area contributed by atoms with Crippen LogP contribution in [0.5, 0.6) is 5.75 Å². The van der Waals surface area contributed by atoms with E-state index in [4.69, 9.17) is 13.9 Å². The highest BCUT2D eigenvalue weighted by Gasteiger charge is 2.42. The molecule has 2 aromatic carbocycles. The van der Waals surface area contributed by atoms with E-state index in [1.807, 2.05) is 57.2 Å². The third-order valence-corrected chi connectivity index (χ3v) is 5.60. The van der Waals surface area contributed by atoms with Crippen LogP contribution < -0.4 is 10.2 Å². The molecule has 0 saturated carbocycles. The molecule has 1 atom stereocenters. The molecule has 3 aromatic rings. The molecule has 156 valence electrons. The Morgan fingerprint density at radius 2 is 1.87 bits per heavy atom. The first kappa shape index (κ1) is 20.2. The number of carbonyl (C=O) groups is 1. The zero-order valence-electron chi connectivity index (χ0n) is 17.7. The molecular formula is C24H25NO5. The van der Waals surface area contributed by atoms with Crippen LogP contribution in [0.25, 0.3) is 11.0 Å². The third-order valence-electron chi connectivity index (χ3n) is 5.60. The first-order valence-corrected chi connectivity index (χ1v) is 10.1. The lowest BCUT2D eigenvalue weighted by atomic mass is 9.97. The molecule has 2 heterocycles. The molecule has 0 saturated heterocycles. The number of ether oxygens (including phenoxy) is 2. The first-order chi connectivity index (χ1) is 14.5. The SMILES string of the molecule is CCOc1cccc(C2c3c(oc4cc(C)c(C)cc4c3=O)C(=O)N2CCOC)c1. The zero-order valence-corrected chi connectivity index (χ0v) is 17.7. The molecule has 0 radical (unpaired) electrons. The second kappa shape index (κ2) is 7.95. The van der Waals surface area contributed by atoms with Gasteiger partial charge in [0, 0.05) is 13.7 Å². The number of carbonyl (C=O) groups excluding carboxylic acids is 1. The molecule has 1 aliphatic rings. The Hall–Kier alpha value is -3.12. The van der Waals surface area contributed by atoms with Gasteiger partial charge in [-0.05, 0) is 61.7 Å². The maximum absolute atomic E-state index is 13.5. The van der Waals surface area contributed by atoms with E-state index in [-0.39, 0.29) is 17.1 Å². The second-order valence-electron chi connectivity index (χ2n) is 7.51. The van der Waals surface area contributed by atoms with Crippen molar-refractivity contribution in [1.82, 2.24) is 4.90 Å². The summed E-state index contributed by atoms with van der Waals surface area (Å²) in [6.45, 7) is 7.06. The van der Waals surface area contributed by atoms with Crippen LogP contribution in [0.4, 0.5) is 0 Å². The van der Waals surface area contributed by atoms with E-state index in [0.717, 1.165) is 16.7 Å². The van der Waals surface area contributed by atoms with Crippen molar-refractivity contribution in [3.63, 3.8) is 0 Å². The maximum Gasteiger partial charge on any atom is 0.290 e. The van der Waals surface area contributed by atoms with Crippen LogP contribution in [0.15, 0.2) is 45.6 Å². The predicted molar refractivity (Wildman–Crippen MR) is 114 cm³/mol. The molecule has 1 aliphatic heterocycles. The van der Waals surface area contributed by atoms with Gasteiger partial charge in [-0.15, -0.1) is 0 Å². The van der Waals surface area contributed by atoms with Gasteiger partial charge in [-0.2, -0.15) is 0 Å². The van der Waals surface area contributed by atoms with Crippen molar-refractivity contribution in [2.45, 2.75) is 26.8 Å². The van der Waals surface area contributed by atoms with Crippen LogP contribution in [-0.2, 0) is 4.74 Å². The summed E-state index contributed by atoms with van der Waals surface area (Å²) in [6, 6.07) is 10.6. The number of methoxy groups -OCH3 is 1. The van der Waals surface area contributed by atoms with Gasteiger partial charge < -0.3 is 18.8 Å². The Morgan fingerprint density at radius 1 is 1.10 bits per heavy atom. The van der Waals surface area contributed by atoms with E-state index in [2.05, 4.69) is 0 Å². The average molecular weight is 407 g/mol. The smallest absolute Gasteiger partial charge is 0.290 e. The van der Waals surface area contributed by atoms with E-state index in [1.54, 1.807) is 12.0 Å². The predicted octanol–water partition coefficient (Wildman–Crippen LogP) is 4.00. The number of nitrogens with zero attached hydrogens (tertiary/aromatic N) is 1. The lowest BCUT2D eigenvalue weighted by Crippen LogP contribution is -2.32. The zero-order chi connectivity index (χ0) is 21.4. The molecule has 1 amide bonds. The van der Waals surface area contributed by atoms with Crippen molar-refractivity contribution in [2.75, 3.05) is 26.9 Å². The van der Waals surface area contributed by atoms with E-state index >= 15 is 0 Å². The van der Waals surface area contributed by atoms with Crippen molar-refractivity contribution >= 4 is 16.9 Å². The molecular weight excluding hydrogens is 382 g/mol. The summed E-state index contributed by atoms with van der Waals surface area (Å²) in [6.07, 6.45) is 0. The quantitative estimate of drug-likeness (QED) is 0.618. The maximum atomic E-state index is 13.5. The standard InChI is InChI=1S/C24H25NO5/c1-5-29-17-8-6-7-16(13-17)21-20-22(26)18-11-14(2)15(3)12-19(18)30-23(20)24(27)25(21)9-10-28-4/h6-8,11-13,21H,5,9-10H2,1-4H3. The normalized spacial score (nSPS) is 15.7. The van der Waals surface area contributed by atoms with Crippen molar-refractivity contribution in [1.29, 1.82) is 0 Å². The monoisotopic (exact) mass is 407 g/mol. The number of hydrogen-bond acceptors (Lipinski definition) is 5. The fourth-order valence-corrected chi connectivity index (χ4v) is 3.98. The van der Waals surface area contributed by atoms with Gasteiger partial charge in [-0.1, -0.05) is 12.1 Å². The Kier molecular flexibility index (Phi) is 5.35. The van der Waals surface area contributed by atoms with Gasteiger partial charge in [-0.3, -0.25) is 9.59 Å². The number of aryl methyl sites for hydroxylation is 2. The molecule has 0 spiro atoms. The fraction of sp³-hybridized carbons (Fsp3) is 0.333. The summed E-state index contributed by atoms with van der Waals surface area (Å²) >= 11 is 0. The third kappa shape index (κ3) is 3.27. The molecule has 1 unspecified atom stereocenters. The highest BCUT2D eigenvalue weighted by Crippen LogP contribution is 2.39. The minimum absolute atomic E-state index is 0.110. The number of amides is 1. The summed E-state index contributed by atoms with van der Waals surface area (Å²) in [5.74, 6) is 0.504. The second-order valence-corrected chi connectivity index (χ2v) is 7.51. The van der Waals surface area contributed by atoms with Gasteiger partial charge in [0.05, 0.1) is 30.2 Å². The van der Waals surface area contributed by atoms with E-state index in [0.29, 0.717) is 42.0 Å². The highest BCUT2D eigenvalue weighted by atomic mass is 16.5. The Morgan fingerprint density at radius 3 is 2.60 bits per heavy atom. The van der Waals surface area contributed by atoms with Crippen molar-refractivity contribution in [3.05, 3.63) is 74.6 Å². The van der Waals surface area contributed by atoms with E-state index in [9.17, 15) is 9.59 Å². The van der Waals surface area contributed by atoms with Gasteiger partial charge in [0.15, 0.2) is 5.43 Å². The number of hydrogen-bond donors (Lipinski definition) is 0. The molecule has 1 aromatic heterocycles. The summed E-state index contributed by atoms with van der Waals surface area (Å²) in [4.78, 5) is 28.4. The minimum Gasteiger partial charge on any atom is -0.494 e. The molecule has 0 aliphatic carbocycles. The average Bonchev–Trinajstić information content (AvgIpc) is 3.01. The molecule has 0 bridgehead atoms. The van der Waals surface area contributed by atoms with Gasteiger partial charge in [-0.25, -0.2) is 0 Å². The number of rotatable bonds is 6. The summed E-state index contributed by atoms with van der Waals surface area (Å²) < 4.78 is 16.9. The van der Waals surface area contributed by atoms with Crippen molar-refractivity contribution in [3.8, 4) is 5.75 Å². The Labute approximate surface area is 175 Å². The molecule has 0 fully saturated rings. The molecule has 6 nitrogen and oxygen atoms in total. The van der Waals surface area contributed by atoms with Gasteiger partial charge in [0.25, 0.3) is 5.91 Å². The Balaban J connectivity index is 1.95.